The van der Waals surface area contributed by atoms with E-state index in [-0.39, 0.29) is 31.6 Å². The van der Waals surface area contributed by atoms with Crippen molar-refractivity contribution in [3.63, 3.8) is 0 Å². The molecule has 0 aromatic carbocycles. The Labute approximate surface area is 74.7 Å². The first kappa shape index (κ1) is 13.1. The van der Waals surface area contributed by atoms with Crippen molar-refractivity contribution in [2.24, 2.45) is 0 Å². The third-order valence-electron chi connectivity index (χ3n) is 0.968. The van der Waals surface area contributed by atoms with Crippen LogP contribution in [0.4, 0.5) is 0 Å². The predicted octanol–water partition coefficient (Wildman–Crippen LogP) is -0.0863. The van der Waals surface area contributed by atoms with Gasteiger partial charge in [-0.15, -0.1) is 13.1 Å². The van der Waals surface area contributed by atoms with Crippen molar-refractivity contribution in [1.82, 2.24) is 4.31 Å². The largest absolute Gasteiger partial charge is 2.00 e. The molecule has 0 aliphatic carbocycles. The Morgan fingerprint density at radius 1 is 1.30 bits per heavy atom. The second-order valence-electron chi connectivity index (χ2n) is 1.66. The molecule has 0 atom stereocenters. The van der Waals surface area contributed by atoms with Gasteiger partial charge in [0, 0.05) is 0 Å². The average Bonchev–Trinajstić information content (AvgIpc) is 1.65. The van der Waals surface area contributed by atoms with Crippen molar-refractivity contribution in [2.75, 3.05) is 19.3 Å². The minimum absolute atomic E-state index is 0. The number of sulfonamides is 1. The molecule has 0 amide bonds. The summed E-state index contributed by atoms with van der Waals surface area (Å²) in [6, 6.07) is 0. The summed E-state index contributed by atoms with van der Waals surface area (Å²) in [7, 11) is -3.06. The SMILES string of the molecule is [CH2-]CN(C[CH2-])S(C)(=O)=O.[V+2]. The molecule has 5 heteroatoms. The van der Waals surface area contributed by atoms with Crippen LogP contribution in [-0.4, -0.2) is 32.1 Å². The van der Waals surface area contributed by atoms with Gasteiger partial charge in [-0.2, -0.15) is 0 Å². The van der Waals surface area contributed by atoms with Crippen LogP contribution in [0.3, 0.4) is 0 Å². The molecule has 3 nitrogen and oxygen atoms in total. The van der Waals surface area contributed by atoms with Gasteiger partial charge in [-0.3, -0.25) is 4.31 Å². The Morgan fingerprint density at radius 2 is 1.60 bits per heavy atom. The van der Waals surface area contributed by atoms with Gasteiger partial charge in [0.15, 0.2) is 0 Å². The molecule has 0 aromatic heterocycles. The Kier molecular flexibility index (Phi) is 6.80. The second kappa shape index (κ2) is 5.19. The molecule has 0 heterocycles. The molecule has 0 N–H and O–H groups in total. The summed E-state index contributed by atoms with van der Waals surface area (Å²) in [4.78, 5) is 0. The van der Waals surface area contributed by atoms with Crippen LogP contribution < -0.4 is 0 Å². The summed E-state index contributed by atoms with van der Waals surface area (Å²) in [5.74, 6) is 0. The molecule has 0 aliphatic heterocycles. The number of hydrogen-bond donors (Lipinski definition) is 0. The Hall–Kier alpha value is 0.494. The molecular formula is C5H11NO2SV. The number of nitrogens with zero attached hydrogens (tertiary/aromatic N) is 1. The van der Waals surface area contributed by atoms with Crippen LogP contribution in [-0.2, 0) is 28.6 Å². The monoisotopic (exact) mass is 200 g/mol. The fraction of sp³-hybridized carbons (Fsp3) is 0.600. The predicted molar refractivity (Wildman–Crippen MR) is 37.1 cm³/mol. The van der Waals surface area contributed by atoms with Gasteiger partial charge in [0.05, 0.1) is 6.26 Å². The van der Waals surface area contributed by atoms with E-state index in [0.717, 1.165) is 6.26 Å². The van der Waals surface area contributed by atoms with Crippen LogP contribution >= 0.6 is 0 Å². The molecule has 0 rings (SSSR count). The van der Waals surface area contributed by atoms with E-state index in [1.165, 1.54) is 4.31 Å². The summed E-state index contributed by atoms with van der Waals surface area (Å²) in [5.41, 5.74) is 0. The molecule has 59 valence electrons. The molecule has 0 unspecified atom stereocenters. The summed E-state index contributed by atoms with van der Waals surface area (Å²) >= 11 is 0. The summed E-state index contributed by atoms with van der Waals surface area (Å²) in [5, 5.41) is 0. The zero-order valence-corrected chi connectivity index (χ0v) is 8.16. The van der Waals surface area contributed by atoms with Gasteiger partial charge in [-0.05, 0) is 0 Å². The molecule has 0 fully saturated rings. The van der Waals surface area contributed by atoms with Crippen molar-refractivity contribution in [3.8, 4) is 0 Å². The minimum atomic E-state index is -3.06. The van der Waals surface area contributed by atoms with E-state index in [2.05, 4.69) is 13.8 Å². The molecule has 0 aliphatic rings. The van der Waals surface area contributed by atoms with E-state index in [1.807, 2.05) is 0 Å². The number of rotatable bonds is 3. The van der Waals surface area contributed by atoms with Gasteiger partial charge in [-0.25, -0.2) is 8.42 Å². The molecule has 0 bridgehead atoms. The van der Waals surface area contributed by atoms with Crippen molar-refractivity contribution in [1.29, 1.82) is 0 Å². The second-order valence-corrected chi connectivity index (χ2v) is 3.64. The summed E-state index contributed by atoms with van der Waals surface area (Å²) in [6.45, 7) is 7.36. The maximum Gasteiger partial charge on any atom is 2.00 e. The van der Waals surface area contributed by atoms with E-state index >= 15 is 0 Å². The Morgan fingerprint density at radius 3 is 1.60 bits per heavy atom. The summed E-state index contributed by atoms with van der Waals surface area (Å²) in [6.07, 6.45) is 1.14. The van der Waals surface area contributed by atoms with E-state index in [0.29, 0.717) is 0 Å². The van der Waals surface area contributed by atoms with Crippen molar-refractivity contribution >= 4 is 10.0 Å². The molecule has 0 aromatic rings. The standard InChI is InChI=1S/C5H11NO2S.V/c1-4-6(5-2)9(3,7)8;/h1-2,4-5H2,3H3;/q-2;+2. The molecule has 0 saturated carbocycles. The first-order chi connectivity index (χ1) is 4.02. The smallest absolute Gasteiger partial charge is 0.329 e. The third kappa shape index (κ3) is 4.33. The Balaban J connectivity index is 0. The van der Waals surface area contributed by atoms with Crippen LogP contribution in [0.25, 0.3) is 0 Å². The maximum absolute atomic E-state index is 10.6. The van der Waals surface area contributed by atoms with Crippen LogP contribution in [0, 0.1) is 13.8 Å². The minimum Gasteiger partial charge on any atom is -0.329 e. The fourth-order valence-electron chi connectivity index (χ4n) is 0.443. The van der Waals surface area contributed by atoms with Crippen LogP contribution in [0.5, 0.6) is 0 Å². The van der Waals surface area contributed by atoms with Gasteiger partial charge >= 0.3 is 18.6 Å². The normalized spacial score (nSPS) is 11.2. The summed E-state index contributed by atoms with van der Waals surface area (Å²) < 4.78 is 22.5. The average molecular weight is 200 g/mol. The molecule has 10 heavy (non-hydrogen) atoms. The van der Waals surface area contributed by atoms with Gasteiger partial charge < -0.3 is 13.8 Å². The molecule has 0 spiro atoms. The van der Waals surface area contributed by atoms with Gasteiger partial charge in [0.1, 0.15) is 0 Å². The van der Waals surface area contributed by atoms with Crippen LogP contribution in [0.2, 0.25) is 0 Å². The quantitative estimate of drug-likeness (QED) is 0.597. The van der Waals surface area contributed by atoms with Crippen molar-refractivity contribution in [2.45, 2.75) is 0 Å². The first-order valence-corrected chi connectivity index (χ1v) is 4.40. The van der Waals surface area contributed by atoms with Gasteiger partial charge in [0.2, 0.25) is 10.0 Å². The molecular weight excluding hydrogens is 189 g/mol. The van der Waals surface area contributed by atoms with E-state index in [9.17, 15) is 8.42 Å². The van der Waals surface area contributed by atoms with Crippen LogP contribution in [0.15, 0.2) is 0 Å². The third-order valence-corrected chi connectivity index (χ3v) is 2.27. The van der Waals surface area contributed by atoms with E-state index in [1.54, 1.807) is 0 Å². The zero-order valence-electron chi connectivity index (χ0n) is 5.95. The number of hydrogen-bond acceptors (Lipinski definition) is 2. The topological polar surface area (TPSA) is 37.4 Å². The molecule has 0 saturated heterocycles. The molecule has 1 radical (unpaired) electrons. The van der Waals surface area contributed by atoms with Gasteiger partial charge in [0.25, 0.3) is 0 Å². The van der Waals surface area contributed by atoms with Crippen LogP contribution in [0.1, 0.15) is 0 Å². The first-order valence-electron chi connectivity index (χ1n) is 2.56. The van der Waals surface area contributed by atoms with Gasteiger partial charge in [-0.1, -0.05) is 0 Å². The zero-order chi connectivity index (χ0) is 7.49. The van der Waals surface area contributed by atoms with E-state index in [4.69, 9.17) is 0 Å². The van der Waals surface area contributed by atoms with Crippen molar-refractivity contribution in [3.05, 3.63) is 13.8 Å². The maximum atomic E-state index is 10.6. The van der Waals surface area contributed by atoms with Crippen molar-refractivity contribution < 1.29 is 27.0 Å². The Bertz CT molecular complexity index is 162. The fourth-order valence-corrected chi connectivity index (χ4v) is 1.11. The van der Waals surface area contributed by atoms with E-state index < -0.39 is 10.0 Å².